The maximum Gasteiger partial charge on any atom is 0.273 e. The van der Waals surface area contributed by atoms with Gasteiger partial charge < -0.3 is 9.30 Å². The minimum Gasteiger partial charge on any atom is -0.335 e. The molecule has 0 saturated carbocycles. The first-order valence-electron chi connectivity index (χ1n) is 11.0. The van der Waals surface area contributed by atoms with E-state index in [0.29, 0.717) is 5.69 Å². The largest absolute Gasteiger partial charge is 0.335 e. The second-order valence-electron chi connectivity index (χ2n) is 8.43. The molecule has 4 heterocycles. The van der Waals surface area contributed by atoms with Crippen molar-refractivity contribution in [3.05, 3.63) is 87.3 Å². The number of pyridine rings is 1. The predicted octanol–water partition coefficient (Wildman–Crippen LogP) is 3.96. The lowest BCUT2D eigenvalue weighted by molar-refractivity contribution is 0.0621. The van der Waals surface area contributed by atoms with E-state index in [4.69, 9.17) is 4.98 Å². The van der Waals surface area contributed by atoms with Gasteiger partial charge in [-0.3, -0.25) is 9.69 Å². The van der Waals surface area contributed by atoms with Crippen LogP contribution in [0.3, 0.4) is 0 Å². The summed E-state index contributed by atoms with van der Waals surface area (Å²) in [6.45, 7) is 8.16. The average Bonchev–Trinajstić information content (AvgIpc) is 3.38. The third-order valence-electron chi connectivity index (χ3n) is 6.08. The van der Waals surface area contributed by atoms with Gasteiger partial charge in [0.25, 0.3) is 5.91 Å². The van der Waals surface area contributed by atoms with Crippen molar-refractivity contribution in [1.82, 2.24) is 24.2 Å². The molecule has 0 spiro atoms. The second kappa shape index (κ2) is 8.84. The van der Waals surface area contributed by atoms with Crippen LogP contribution in [0.1, 0.15) is 38.0 Å². The Balaban J connectivity index is 1.20. The number of benzene rings is 1. The molecule has 0 radical (unpaired) electrons. The Hall–Kier alpha value is -3.03. The SMILES string of the molecule is Cc1ccn2c(CN3CCN(C(=O)c4csc(Cc5ccccc5)n4)CC3)c(C)nc2c1. The first-order chi connectivity index (χ1) is 15.6. The normalized spacial score (nSPS) is 14.9. The third kappa shape index (κ3) is 4.31. The molecule has 1 aliphatic rings. The van der Waals surface area contributed by atoms with Gasteiger partial charge >= 0.3 is 0 Å². The van der Waals surface area contributed by atoms with E-state index in [2.05, 4.69) is 58.6 Å². The standard InChI is InChI=1S/C25H27N5OS/c1-18-8-9-30-22(19(2)26-23(30)14-18)16-28-10-12-29(13-11-28)25(31)21-17-32-24(27-21)15-20-6-4-3-5-7-20/h3-9,14,17H,10-13,15-16H2,1-2H3. The number of amides is 1. The Morgan fingerprint density at radius 3 is 2.59 bits per heavy atom. The zero-order valence-electron chi connectivity index (χ0n) is 18.5. The molecule has 1 aromatic carbocycles. The molecule has 0 unspecified atom stereocenters. The summed E-state index contributed by atoms with van der Waals surface area (Å²) < 4.78 is 2.18. The predicted molar refractivity (Wildman–Crippen MR) is 127 cm³/mol. The first-order valence-corrected chi connectivity index (χ1v) is 11.9. The summed E-state index contributed by atoms with van der Waals surface area (Å²) >= 11 is 1.56. The molecule has 32 heavy (non-hydrogen) atoms. The zero-order chi connectivity index (χ0) is 22.1. The molecule has 0 aliphatic carbocycles. The van der Waals surface area contributed by atoms with Crippen molar-refractivity contribution in [1.29, 1.82) is 0 Å². The van der Waals surface area contributed by atoms with Crippen molar-refractivity contribution < 1.29 is 4.79 Å². The van der Waals surface area contributed by atoms with Crippen LogP contribution in [0.5, 0.6) is 0 Å². The topological polar surface area (TPSA) is 53.7 Å². The Labute approximate surface area is 192 Å². The Bertz CT molecular complexity index is 1240. The first kappa shape index (κ1) is 20.8. The number of thiazole rings is 1. The van der Waals surface area contributed by atoms with Gasteiger partial charge in [-0.25, -0.2) is 9.97 Å². The summed E-state index contributed by atoms with van der Waals surface area (Å²) in [5, 5.41) is 2.88. The van der Waals surface area contributed by atoms with Crippen molar-refractivity contribution >= 4 is 22.9 Å². The van der Waals surface area contributed by atoms with Gasteiger partial charge in [0.05, 0.1) is 16.4 Å². The Morgan fingerprint density at radius 1 is 1.03 bits per heavy atom. The van der Waals surface area contributed by atoms with Crippen LogP contribution in [0.25, 0.3) is 5.65 Å². The lowest BCUT2D eigenvalue weighted by atomic mass is 10.2. The molecule has 164 valence electrons. The van der Waals surface area contributed by atoms with E-state index >= 15 is 0 Å². The number of aryl methyl sites for hydroxylation is 2. The molecular formula is C25H27N5OS. The van der Waals surface area contributed by atoms with Gasteiger partial charge in [0.15, 0.2) is 0 Å². The van der Waals surface area contributed by atoms with E-state index in [9.17, 15) is 4.79 Å². The van der Waals surface area contributed by atoms with Crippen LogP contribution in [-0.2, 0) is 13.0 Å². The Morgan fingerprint density at radius 2 is 1.81 bits per heavy atom. The van der Waals surface area contributed by atoms with Crippen LogP contribution in [0.15, 0.2) is 54.0 Å². The molecule has 6 nitrogen and oxygen atoms in total. The van der Waals surface area contributed by atoms with Crippen LogP contribution in [0.4, 0.5) is 0 Å². The van der Waals surface area contributed by atoms with Gasteiger partial charge in [0.1, 0.15) is 11.3 Å². The van der Waals surface area contributed by atoms with E-state index in [1.54, 1.807) is 11.3 Å². The van der Waals surface area contributed by atoms with Gasteiger partial charge in [-0.15, -0.1) is 11.3 Å². The average molecular weight is 446 g/mol. The minimum absolute atomic E-state index is 0.0432. The highest BCUT2D eigenvalue weighted by molar-refractivity contribution is 7.09. The Kier molecular flexibility index (Phi) is 5.76. The van der Waals surface area contributed by atoms with Crippen molar-refractivity contribution in [3.8, 4) is 0 Å². The number of fused-ring (bicyclic) bond motifs is 1. The molecule has 0 N–H and O–H groups in total. The number of piperazine rings is 1. The number of carbonyl (C=O) groups excluding carboxylic acids is 1. The lowest BCUT2D eigenvalue weighted by Crippen LogP contribution is -2.48. The minimum atomic E-state index is 0.0432. The van der Waals surface area contributed by atoms with E-state index in [-0.39, 0.29) is 5.91 Å². The van der Waals surface area contributed by atoms with E-state index in [1.807, 2.05) is 28.5 Å². The molecule has 3 aromatic heterocycles. The number of hydrogen-bond donors (Lipinski definition) is 0. The number of imidazole rings is 1. The highest BCUT2D eigenvalue weighted by Gasteiger charge is 2.25. The molecule has 5 rings (SSSR count). The molecule has 1 saturated heterocycles. The monoisotopic (exact) mass is 445 g/mol. The van der Waals surface area contributed by atoms with Crippen molar-refractivity contribution in [2.45, 2.75) is 26.8 Å². The van der Waals surface area contributed by atoms with E-state index < -0.39 is 0 Å². The maximum atomic E-state index is 13.0. The second-order valence-corrected chi connectivity index (χ2v) is 9.38. The van der Waals surface area contributed by atoms with Gasteiger partial charge in [0, 0.05) is 50.7 Å². The molecule has 1 amide bonds. The highest BCUT2D eigenvalue weighted by atomic mass is 32.1. The highest BCUT2D eigenvalue weighted by Crippen LogP contribution is 2.19. The van der Waals surface area contributed by atoms with Crippen LogP contribution < -0.4 is 0 Å². The smallest absolute Gasteiger partial charge is 0.273 e. The van der Waals surface area contributed by atoms with Crippen molar-refractivity contribution in [2.24, 2.45) is 0 Å². The summed E-state index contributed by atoms with van der Waals surface area (Å²) in [5.74, 6) is 0.0432. The molecule has 1 aliphatic heterocycles. The van der Waals surface area contributed by atoms with Crippen LogP contribution >= 0.6 is 11.3 Å². The van der Waals surface area contributed by atoms with Crippen LogP contribution in [0.2, 0.25) is 0 Å². The molecule has 0 bridgehead atoms. The van der Waals surface area contributed by atoms with Crippen molar-refractivity contribution in [2.75, 3.05) is 26.2 Å². The molecular weight excluding hydrogens is 418 g/mol. The number of rotatable bonds is 5. The fourth-order valence-electron chi connectivity index (χ4n) is 4.25. The number of aromatic nitrogens is 3. The van der Waals surface area contributed by atoms with Gasteiger partial charge in [-0.2, -0.15) is 0 Å². The lowest BCUT2D eigenvalue weighted by Gasteiger charge is -2.34. The fourth-order valence-corrected chi connectivity index (χ4v) is 5.05. The summed E-state index contributed by atoms with van der Waals surface area (Å²) in [6.07, 6.45) is 2.87. The maximum absolute atomic E-state index is 13.0. The van der Waals surface area contributed by atoms with Crippen LogP contribution in [0, 0.1) is 13.8 Å². The summed E-state index contributed by atoms with van der Waals surface area (Å²) in [6, 6.07) is 14.5. The van der Waals surface area contributed by atoms with Crippen molar-refractivity contribution in [3.63, 3.8) is 0 Å². The third-order valence-corrected chi connectivity index (χ3v) is 6.93. The summed E-state index contributed by atoms with van der Waals surface area (Å²) in [7, 11) is 0. The van der Waals surface area contributed by atoms with E-state index in [1.165, 1.54) is 16.8 Å². The van der Waals surface area contributed by atoms with E-state index in [0.717, 1.165) is 55.5 Å². The fraction of sp³-hybridized carbons (Fsp3) is 0.320. The molecule has 7 heteroatoms. The molecule has 1 fully saturated rings. The van der Waals surface area contributed by atoms with Gasteiger partial charge in [-0.1, -0.05) is 30.3 Å². The molecule has 0 atom stereocenters. The van der Waals surface area contributed by atoms with Gasteiger partial charge in [0.2, 0.25) is 0 Å². The molecule has 4 aromatic rings. The number of hydrogen-bond acceptors (Lipinski definition) is 5. The quantitative estimate of drug-likeness (QED) is 0.467. The zero-order valence-corrected chi connectivity index (χ0v) is 19.3. The number of nitrogens with zero attached hydrogens (tertiary/aromatic N) is 5. The number of carbonyl (C=O) groups is 1. The van der Waals surface area contributed by atoms with Crippen LogP contribution in [-0.4, -0.2) is 56.3 Å². The van der Waals surface area contributed by atoms with Gasteiger partial charge in [-0.05, 0) is 37.1 Å². The summed E-state index contributed by atoms with van der Waals surface area (Å²) in [4.78, 5) is 26.7. The summed E-state index contributed by atoms with van der Waals surface area (Å²) in [5.41, 5.74) is 6.30.